The average molecular weight is 504 g/mol. The zero-order chi connectivity index (χ0) is 24.1. The van der Waals surface area contributed by atoms with Gasteiger partial charge in [-0.15, -0.1) is 0 Å². The third-order valence-corrected chi connectivity index (χ3v) is 9.46. The van der Waals surface area contributed by atoms with Crippen LogP contribution in [0.15, 0.2) is 35.2 Å². The van der Waals surface area contributed by atoms with Crippen molar-refractivity contribution in [3.05, 3.63) is 58.4 Å². The number of carbonyl (C=O) groups excluding carboxylic acids is 1. The van der Waals surface area contributed by atoms with Gasteiger partial charge in [0.25, 0.3) is 5.91 Å². The van der Waals surface area contributed by atoms with Crippen molar-refractivity contribution in [1.82, 2.24) is 0 Å². The average Bonchev–Trinajstić information content (AvgIpc) is 2.93. The number of sulfone groups is 1. The van der Waals surface area contributed by atoms with Crippen molar-refractivity contribution >= 4 is 33.0 Å². The third-order valence-electron chi connectivity index (χ3n) is 6.81. The summed E-state index contributed by atoms with van der Waals surface area (Å²) < 4.78 is 66.8. The lowest BCUT2D eigenvalue weighted by molar-refractivity contribution is -0.0943. The first-order valence-corrected chi connectivity index (χ1v) is 12.2. The quantitative estimate of drug-likeness (QED) is 0.540. The Balaban J connectivity index is 1.60. The second-order valence-corrected chi connectivity index (χ2v) is 11.2. The fourth-order valence-corrected chi connectivity index (χ4v) is 7.40. The van der Waals surface area contributed by atoms with Crippen LogP contribution in [0.2, 0.25) is 5.02 Å². The Morgan fingerprint density at radius 3 is 2.21 bits per heavy atom. The van der Waals surface area contributed by atoms with Gasteiger partial charge in [0.2, 0.25) is 0 Å². The zero-order valence-electron chi connectivity index (χ0n) is 17.2. The highest BCUT2D eigenvalue weighted by molar-refractivity contribution is 7.92. The van der Waals surface area contributed by atoms with Crippen LogP contribution >= 0.6 is 11.6 Å². The molecule has 2 fully saturated rings. The van der Waals surface area contributed by atoms with Crippen molar-refractivity contribution in [2.75, 3.05) is 11.9 Å². The summed E-state index contributed by atoms with van der Waals surface area (Å²) in [7, 11) is -4.00. The number of fused-ring (bicyclic) bond motifs is 2. The van der Waals surface area contributed by atoms with Gasteiger partial charge >= 0.3 is 0 Å². The molecule has 0 saturated heterocycles. The molecular formula is C22H21ClF3NO5S. The molecule has 0 spiro atoms. The van der Waals surface area contributed by atoms with E-state index < -0.39 is 50.7 Å². The normalized spacial score (nSPS) is 26.9. The van der Waals surface area contributed by atoms with Crippen LogP contribution in [-0.4, -0.2) is 42.0 Å². The number of amides is 1. The summed E-state index contributed by atoms with van der Waals surface area (Å²) in [6.07, 6.45) is 1.51. The highest BCUT2D eigenvalue weighted by Crippen LogP contribution is 2.51. The number of aliphatic hydroxyl groups excluding tert-OH is 1. The third kappa shape index (κ3) is 4.14. The second-order valence-electron chi connectivity index (χ2n) is 8.61. The van der Waals surface area contributed by atoms with Gasteiger partial charge in [0, 0.05) is 23.4 Å². The molecule has 33 heavy (non-hydrogen) atoms. The summed E-state index contributed by atoms with van der Waals surface area (Å²) >= 11 is 6.15. The minimum Gasteiger partial charge on any atom is -0.393 e. The van der Waals surface area contributed by atoms with E-state index in [0.29, 0.717) is 25.0 Å². The van der Waals surface area contributed by atoms with Crippen molar-refractivity contribution in [1.29, 1.82) is 0 Å². The van der Waals surface area contributed by atoms with Crippen LogP contribution in [0.5, 0.6) is 0 Å². The first-order valence-electron chi connectivity index (χ1n) is 10.3. The number of nitrogens with one attached hydrogen (secondary N) is 1. The summed E-state index contributed by atoms with van der Waals surface area (Å²) in [6.45, 7) is -0.434. The fourth-order valence-electron chi connectivity index (χ4n) is 5.00. The predicted molar refractivity (Wildman–Crippen MR) is 114 cm³/mol. The Labute approximate surface area is 193 Å². The van der Waals surface area contributed by atoms with E-state index in [-0.39, 0.29) is 45.8 Å². The van der Waals surface area contributed by atoms with Crippen LogP contribution in [0, 0.1) is 29.3 Å². The number of halogens is 4. The number of hydrogen-bond donors (Lipinski definition) is 3. The van der Waals surface area contributed by atoms with Gasteiger partial charge in [-0.2, -0.15) is 0 Å². The molecular weight excluding hydrogens is 483 g/mol. The van der Waals surface area contributed by atoms with Crippen LogP contribution in [0.3, 0.4) is 0 Å². The van der Waals surface area contributed by atoms with Gasteiger partial charge in [-0.1, -0.05) is 11.6 Å². The summed E-state index contributed by atoms with van der Waals surface area (Å²) in [6, 6.07) is 4.77. The Morgan fingerprint density at radius 2 is 1.67 bits per heavy atom. The molecule has 2 aliphatic carbocycles. The summed E-state index contributed by atoms with van der Waals surface area (Å²) in [5, 5.41) is 21.6. The summed E-state index contributed by atoms with van der Waals surface area (Å²) in [4.78, 5) is 12.3. The molecule has 0 heterocycles. The molecule has 6 nitrogen and oxygen atoms in total. The summed E-state index contributed by atoms with van der Waals surface area (Å²) in [5.41, 5.74) is -1.77. The van der Waals surface area contributed by atoms with E-state index in [0.717, 1.165) is 6.07 Å². The molecule has 0 aromatic heterocycles. The molecule has 2 bridgehead atoms. The molecule has 1 amide bonds. The molecule has 4 atom stereocenters. The second kappa shape index (κ2) is 8.57. The van der Waals surface area contributed by atoms with Crippen LogP contribution in [0.1, 0.15) is 36.0 Å². The van der Waals surface area contributed by atoms with Gasteiger partial charge in [0.15, 0.2) is 27.3 Å². The highest BCUT2D eigenvalue weighted by Gasteiger charge is 2.55. The molecule has 3 unspecified atom stereocenters. The van der Waals surface area contributed by atoms with Gasteiger partial charge in [-0.05, 0) is 55.7 Å². The first kappa shape index (κ1) is 24.0. The van der Waals surface area contributed by atoms with E-state index in [1.165, 1.54) is 12.1 Å². The number of aliphatic hydroxyl groups is 2. The number of carbonyl (C=O) groups is 1. The smallest absolute Gasteiger partial charge is 0.255 e. The molecule has 2 aromatic carbocycles. The lowest BCUT2D eigenvalue weighted by atomic mass is 9.75. The van der Waals surface area contributed by atoms with Crippen molar-refractivity contribution < 1.29 is 36.6 Å². The minimum atomic E-state index is -4.00. The first-order chi connectivity index (χ1) is 15.5. The van der Waals surface area contributed by atoms with Gasteiger partial charge in [-0.25, -0.2) is 21.6 Å². The van der Waals surface area contributed by atoms with Crippen molar-refractivity contribution in [2.24, 2.45) is 11.8 Å². The topological polar surface area (TPSA) is 104 Å². The maximum atomic E-state index is 13.4. The van der Waals surface area contributed by atoms with Crippen LogP contribution in [-0.2, 0) is 9.84 Å². The molecule has 2 aliphatic rings. The summed E-state index contributed by atoms with van der Waals surface area (Å²) in [5.74, 6) is -6.25. The molecule has 3 N–H and O–H groups in total. The highest BCUT2D eigenvalue weighted by atomic mass is 35.5. The Morgan fingerprint density at radius 1 is 1.09 bits per heavy atom. The van der Waals surface area contributed by atoms with E-state index in [4.69, 9.17) is 11.6 Å². The van der Waals surface area contributed by atoms with Crippen LogP contribution in [0.4, 0.5) is 18.9 Å². The SMILES string of the molecule is O=C(Nc1cc(F)c(F)c(F)c1)c1ccc(Cl)c(S(=O)(=O)C2CC3CC[C@@H](C2)C3(O)CO)c1. The van der Waals surface area contributed by atoms with E-state index in [2.05, 4.69) is 5.32 Å². The molecule has 2 saturated carbocycles. The molecule has 11 heteroatoms. The van der Waals surface area contributed by atoms with E-state index in [9.17, 15) is 36.6 Å². The van der Waals surface area contributed by atoms with E-state index in [1.807, 2.05) is 0 Å². The van der Waals surface area contributed by atoms with Gasteiger partial charge in [-0.3, -0.25) is 4.79 Å². The Hall–Kier alpha value is -2.14. The van der Waals surface area contributed by atoms with Crippen molar-refractivity contribution in [3.8, 4) is 0 Å². The molecule has 0 radical (unpaired) electrons. The maximum Gasteiger partial charge on any atom is 0.255 e. The number of hydrogen-bond acceptors (Lipinski definition) is 5. The van der Waals surface area contributed by atoms with Crippen molar-refractivity contribution in [3.63, 3.8) is 0 Å². The van der Waals surface area contributed by atoms with E-state index in [1.54, 1.807) is 0 Å². The molecule has 4 rings (SSSR count). The number of rotatable bonds is 5. The molecule has 0 aliphatic heterocycles. The minimum absolute atomic E-state index is 0.0965. The zero-order valence-corrected chi connectivity index (χ0v) is 18.8. The standard InChI is InChI=1S/C22H21ClF3NO5S/c23-16-4-1-11(21(29)27-14-8-17(24)20(26)18(25)9-14)5-19(16)33(31,32)15-6-12-2-3-13(7-15)22(12,30)10-28/h1,4-5,8-9,12-13,15,28,30H,2-3,6-7,10H2,(H,27,29)/t12-,13?,15?,22?/m0/s1. The number of benzene rings is 2. The number of anilines is 1. The monoisotopic (exact) mass is 503 g/mol. The largest absolute Gasteiger partial charge is 0.393 e. The van der Waals surface area contributed by atoms with E-state index >= 15 is 0 Å². The lowest BCUT2D eigenvalue weighted by Crippen LogP contribution is -2.50. The van der Waals surface area contributed by atoms with Gasteiger partial charge in [0.05, 0.1) is 27.4 Å². The van der Waals surface area contributed by atoms with Crippen molar-refractivity contribution in [2.45, 2.75) is 41.4 Å². The van der Waals surface area contributed by atoms with Crippen LogP contribution in [0.25, 0.3) is 0 Å². The van der Waals surface area contributed by atoms with Crippen LogP contribution < -0.4 is 5.32 Å². The van der Waals surface area contributed by atoms with Gasteiger partial charge in [0.1, 0.15) is 0 Å². The molecule has 178 valence electrons. The fraction of sp³-hybridized carbons (Fsp3) is 0.409. The maximum absolute atomic E-state index is 13.4. The van der Waals surface area contributed by atoms with Gasteiger partial charge < -0.3 is 15.5 Å². The lowest BCUT2D eigenvalue weighted by Gasteiger charge is -2.41. The Kier molecular flexibility index (Phi) is 6.24. The Bertz CT molecular complexity index is 1190. The predicted octanol–water partition coefficient (Wildman–Crippen LogP) is 3.70. The molecule has 2 aromatic rings.